The maximum Gasteiger partial charge on any atom is 0.257 e. The Kier molecular flexibility index (Phi) is 5.58. The summed E-state index contributed by atoms with van der Waals surface area (Å²) in [5.74, 6) is 0.728. The number of hydrogen-bond acceptors (Lipinski definition) is 3. The van der Waals surface area contributed by atoms with Crippen LogP contribution in [-0.4, -0.2) is 10.9 Å². The van der Waals surface area contributed by atoms with Gasteiger partial charge in [-0.1, -0.05) is 23.2 Å². The summed E-state index contributed by atoms with van der Waals surface area (Å²) in [5, 5.41) is 3.88. The molecule has 0 aliphatic carbocycles. The predicted molar refractivity (Wildman–Crippen MR) is 103 cm³/mol. The van der Waals surface area contributed by atoms with E-state index in [2.05, 4.69) is 26.2 Å². The average molecular weight is 438 g/mol. The van der Waals surface area contributed by atoms with Gasteiger partial charge in [0.05, 0.1) is 11.3 Å². The van der Waals surface area contributed by atoms with E-state index < -0.39 is 0 Å². The zero-order chi connectivity index (χ0) is 17.8. The molecule has 25 heavy (non-hydrogen) atoms. The van der Waals surface area contributed by atoms with Gasteiger partial charge in [0.1, 0.15) is 5.75 Å². The van der Waals surface area contributed by atoms with E-state index >= 15 is 0 Å². The number of carbonyl (C=O) groups excluding carboxylic acids is 1. The SMILES string of the molecule is O=C(Nc1cc(Cl)ccc1Oc1ccc(Cl)cc1)c1cncc(Br)c1. The number of ether oxygens (including phenoxy) is 1. The molecule has 1 aromatic heterocycles. The van der Waals surface area contributed by atoms with Gasteiger partial charge >= 0.3 is 0 Å². The van der Waals surface area contributed by atoms with Crippen LogP contribution in [0.25, 0.3) is 0 Å². The lowest BCUT2D eigenvalue weighted by atomic mass is 10.2. The van der Waals surface area contributed by atoms with E-state index in [0.717, 1.165) is 0 Å². The van der Waals surface area contributed by atoms with Crippen molar-refractivity contribution in [3.8, 4) is 11.5 Å². The number of rotatable bonds is 4. The molecule has 3 aromatic rings. The monoisotopic (exact) mass is 436 g/mol. The third kappa shape index (κ3) is 4.72. The predicted octanol–water partition coefficient (Wildman–Crippen LogP) is 6.20. The minimum atomic E-state index is -0.322. The lowest BCUT2D eigenvalue weighted by molar-refractivity contribution is 0.102. The molecule has 0 spiro atoms. The maximum atomic E-state index is 12.4. The highest BCUT2D eigenvalue weighted by molar-refractivity contribution is 9.10. The number of nitrogens with zero attached hydrogens (tertiary/aromatic N) is 1. The average Bonchev–Trinajstić information content (AvgIpc) is 2.59. The molecule has 1 amide bonds. The second-order valence-electron chi connectivity index (χ2n) is 5.04. The molecular formula is C18H11BrCl2N2O2. The second-order valence-corrected chi connectivity index (χ2v) is 6.83. The van der Waals surface area contributed by atoms with Crippen LogP contribution >= 0.6 is 39.1 Å². The highest BCUT2D eigenvalue weighted by Crippen LogP contribution is 2.33. The summed E-state index contributed by atoms with van der Waals surface area (Å²) < 4.78 is 6.54. The van der Waals surface area contributed by atoms with Crippen molar-refractivity contribution >= 4 is 50.7 Å². The number of amides is 1. The standard InChI is InChI=1S/C18H11BrCl2N2O2/c19-12-7-11(9-22-10-12)18(24)23-16-8-14(21)3-6-17(16)25-15-4-1-13(20)2-5-15/h1-10H,(H,23,24). The molecule has 7 heteroatoms. The lowest BCUT2D eigenvalue weighted by Crippen LogP contribution is -2.13. The summed E-state index contributed by atoms with van der Waals surface area (Å²) in [4.78, 5) is 16.4. The van der Waals surface area contributed by atoms with Crippen LogP contribution in [0.4, 0.5) is 5.69 Å². The normalized spacial score (nSPS) is 10.4. The van der Waals surface area contributed by atoms with E-state index in [-0.39, 0.29) is 5.91 Å². The van der Waals surface area contributed by atoms with Gasteiger partial charge in [0.2, 0.25) is 0 Å². The molecule has 0 atom stereocenters. The number of carbonyl (C=O) groups is 1. The topological polar surface area (TPSA) is 51.2 Å². The number of nitrogens with one attached hydrogen (secondary N) is 1. The number of anilines is 1. The molecule has 2 aromatic carbocycles. The van der Waals surface area contributed by atoms with Gasteiger partial charge in [0.15, 0.2) is 5.75 Å². The number of benzene rings is 2. The van der Waals surface area contributed by atoms with Gasteiger partial charge in [0, 0.05) is 26.9 Å². The number of pyridine rings is 1. The van der Waals surface area contributed by atoms with E-state index in [1.165, 1.54) is 6.20 Å². The molecule has 0 saturated heterocycles. The molecule has 0 radical (unpaired) electrons. The first-order valence-corrected chi connectivity index (χ1v) is 8.71. The zero-order valence-electron chi connectivity index (χ0n) is 12.7. The van der Waals surface area contributed by atoms with E-state index in [9.17, 15) is 4.79 Å². The van der Waals surface area contributed by atoms with Gasteiger partial charge in [-0.05, 0) is 64.5 Å². The Morgan fingerprint density at radius 1 is 1.00 bits per heavy atom. The third-order valence-corrected chi connectivity index (χ3v) is 4.12. The largest absolute Gasteiger partial charge is 0.455 e. The van der Waals surface area contributed by atoms with Crippen LogP contribution < -0.4 is 10.1 Å². The van der Waals surface area contributed by atoms with E-state index in [1.54, 1.807) is 54.7 Å². The summed E-state index contributed by atoms with van der Waals surface area (Å²) in [6.07, 6.45) is 3.08. The Hall–Kier alpha value is -2.08. The van der Waals surface area contributed by atoms with E-state index in [0.29, 0.717) is 37.3 Å². The van der Waals surface area contributed by atoms with Crippen molar-refractivity contribution in [3.63, 3.8) is 0 Å². The summed E-state index contributed by atoms with van der Waals surface area (Å²) in [6, 6.07) is 13.6. The van der Waals surface area contributed by atoms with Crippen molar-refractivity contribution < 1.29 is 9.53 Å². The van der Waals surface area contributed by atoms with Crippen LogP contribution in [0.3, 0.4) is 0 Å². The van der Waals surface area contributed by atoms with Gasteiger partial charge in [-0.2, -0.15) is 0 Å². The van der Waals surface area contributed by atoms with Gasteiger partial charge < -0.3 is 10.1 Å². The van der Waals surface area contributed by atoms with Crippen molar-refractivity contribution in [1.29, 1.82) is 0 Å². The molecule has 1 N–H and O–H groups in total. The smallest absolute Gasteiger partial charge is 0.257 e. The van der Waals surface area contributed by atoms with Crippen molar-refractivity contribution in [2.75, 3.05) is 5.32 Å². The van der Waals surface area contributed by atoms with Crippen molar-refractivity contribution in [3.05, 3.63) is 81.0 Å². The van der Waals surface area contributed by atoms with Gasteiger partial charge in [-0.25, -0.2) is 0 Å². The van der Waals surface area contributed by atoms with Crippen LogP contribution in [0, 0.1) is 0 Å². The summed E-state index contributed by atoms with van der Waals surface area (Å²) in [6.45, 7) is 0. The summed E-state index contributed by atoms with van der Waals surface area (Å²) >= 11 is 15.2. The number of halogens is 3. The fraction of sp³-hybridized carbons (Fsp3) is 0. The van der Waals surface area contributed by atoms with Crippen LogP contribution in [0.15, 0.2) is 65.4 Å². The van der Waals surface area contributed by atoms with Gasteiger partial charge in [-0.3, -0.25) is 9.78 Å². The summed E-state index contributed by atoms with van der Waals surface area (Å²) in [5.41, 5.74) is 0.860. The Bertz CT molecular complexity index is 917. The quantitative estimate of drug-likeness (QED) is 0.528. The molecular weight excluding hydrogens is 427 g/mol. The first kappa shape index (κ1) is 17.7. The molecule has 1 heterocycles. The molecule has 3 rings (SSSR count). The maximum absolute atomic E-state index is 12.4. The molecule has 0 fully saturated rings. The highest BCUT2D eigenvalue weighted by Gasteiger charge is 2.12. The summed E-state index contributed by atoms with van der Waals surface area (Å²) in [7, 11) is 0. The number of aromatic nitrogens is 1. The Morgan fingerprint density at radius 3 is 2.44 bits per heavy atom. The van der Waals surface area contributed by atoms with Crippen molar-refractivity contribution in [2.24, 2.45) is 0 Å². The Labute approximate surface area is 162 Å². The second kappa shape index (κ2) is 7.87. The Morgan fingerprint density at radius 2 is 1.72 bits per heavy atom. The third-order valence-electron chi connectivity index (χ3n) is 3.20. The zero-order valence-corrected chi connectivity index (χ0v) is 15.8. The molecule has 126 valence electrons. The molecule has 4 nitrogen and oxygen atoms in total. The van der Waals surface area contributed by atoms with Gasteiger partial charge in [-0.15, -0.1) is 0 Å². The molecule has 0 aliphatic heterocycles. The van der Waals surface area contributed by atoms with E-state index in [4.69, 9.17) is 27.9 Å². The minimum absolute atomic E-state index is 0.322. The van der Waals surface area contributed by atoms with Crippen molar-refractivity contribution in [2.45, 2.75) is 0 Å². The molecule has 0 bridgehead atoms. The van der Waals surface area contributed by atoms with Crippen LogP contribution in [-0.2, 0) is 0 Å². The fourth-order valence-corrected chi connectivity index (χ4v) is 2.71. The fourth-order valence-electron chi connectivity index (χ4n) is 2.05. The van der Waals surface area contributed by atoms with Crippen LogP contribution in [0.1, 0.15) is 10.4 Å². The Balaban J connectivity index is 1.86. The van der Waals surface area contributed by atoms with Gasteiger partial charge in [0.25, 0.3) is 5.91 Å². The minimum Gasteiger partial charge on any atom is -0.455 e. The highest BCUT2D eigenvalue weighted by atomic mass is 79.9. The molecule has 0 saturated carbocycles. The first-order valence-electron chi connectivity index (χ1n) is 7.16. The van der Waals surface area contributed by atoms with Crippen molar-refractivity contribution in [1.82, 2.24) is 4.98 Å². The van der Waals surface area contributed by atoms with Crippen LogP contribution in [0.2, 0.25) is 10.0 Å². The van der Waals surface area contributed by atoms with E-state index in [1.807, 2.05) is 0 Å². The van der Waals surface area contributed by atoms with Crippen LogP contribution in [0.5, 0.6) is 11.5 Å². The first-order chi connectivity index (χ1) is 12.0. The molecule has 0 unspecified atom stereocenters. The molecule has 0 aliphatic rings. The lowest BCUT2D eigenvalue weighted by Gasteiger charge is -2.13. The number of hydrogen-bond donors (Lipinski definition) is 1.